The first-order valence-corrected chi connectivity index (χ1v) is 46.1. The molecule has 2 unspecified atom stereocenters. The molecule has 0 aliphatic heterocycles. The second kappa shape index (κ2) is 88.7. The molecular weight excluding hydrogens is 1210 g/mol. The highest BCUT2D eigenvalue weighted by atomic mass is 16.5. The van der Waals surface area contributed by atoms with Gasteiger partial charge in [0.1, 0.15) is 0 Å². The number of aliphatic hydroxyl groups is 2. The third-order valence-corrected chi connectivity index (χ3v) is 22.0. The molecule has 0 aromatic heterocycles. The Kier molecular flexibility index (Phi) is 87.2. The molecule has 0 saturated heterocycles. The van der Waals surface area contributed by atoms with Crippen molar-refractivity contribution in [2.24, 2.45) is 0 Å². The first-order valence-electron chi connectivity index (χ1n) is 46.1. The number of amides is 1. The minimum Gasteiger partial charge on any atom is -0.466 e. The van der Waals surface area contributed by atoms with Gasteiger partial charge in [0.05, 0.1) is 25.4 Å². The smallest absolute Gasteiger partial charge is 0.305 e. The van der Waals surface area contributed by atoms with Crippen LogP contribution in [0.4, 0.5) is 0 Å². The van der Waals surface area contributed by atoms with Gasteiger partial charge in [0, 0.05) is 12.8 Å². The molecule has 1 amide bonds. The van der Waals surface area contributed by atoms with E-state index in [1.165, 1.54) is 456 Å². The quantitative estimate of drug-likeness (QED) is 0.0320. The fourth-order valence-electron chi connectivity index (χ4n) is 15.0. The minimum absolute atomic E-state index is 0.0253. The number of allylic oxidation sites excluding steroid dienone is 4. The van der Waals surface area contributed by atoms with E-state index in [1.807, 2.05) is 0 Å². The normalized spacial score (nSPS) is 12.5. The first kappa shape index (κ1) is 97.3. The summed E-state index contributed by atoms with van der Waals surface area (Å²) in [6, 6.07) is -0.541. The molecule has 6 heteroatoms. The Balaban J connectivity index is 3.34. The monoisotopic (exact) mass is 1390 g/mol. The van der Waals surface area contributed by atoms with Crippen LogP contribution in [0.5, 0.6) is 0 Å². The predicted molar refractivity (Wildman–Crippen MR) is 440 cm³/mol. The zero-order valence-electron chi connectivity index (χ0n) is 67.8. The van der Waals surface area contributed by atoms with E-state index < -0.39 is 12.1 Å². The Morgan fingerprint density at radius 2 is 0.505 bits per heavy atom. The van der Waals surface area contributed by atoms with E-state index in [2.05, 4.69) is 43.5 Å². The van der Waals surface area contributed by atoms with E-state index in [1.54, 1.807) is 0 Å². The molecule has 2 atom stereocenters. The van der Waals surface area contributed by atoms with Crippen LogP contribution in [0, 0.1) is 0 Å². The van der Waals surface area contributed by atoms with Gasteiger partial charge in [-0.15, -0.1) is 0 Å². The summed E-state index contributed by atoms with van der Waals surface area (Å²) in [4.78, 5) is 24.7. The number of hydrogen-bond acceptors (Lipinski definition) is 5. The lowest BCUT2D eigenvalue weighted by atomic mass is 10.0. The van der Waals surface area contributed by atoms with Gasteiger partial charge in [-0.25, -0.2) is 0 Å². The number of carbonyl (C=O) groups is 2. The van der Waals surface area contributed by atoms with Crippen molar-refractivity contribution >= 4 is 11.9 Å². The van der Waals surface area contributed by atoms with Gasteiger partial charge in [0.2, 0.25) is 5.91 Å². The maximum absolute atomic E-state index is 12.6. The van der Waals surface area contributed by atoms with Crippen LogP contribution in [-0.2, 0) is 14.3 Å². The van der Waals surface area contributed by atoms with Gasteiger partial charge in [0.25, 0.3) is 0 Å². The van der Waals surface area contributed by atoms with Crippen LogP contribution in [0.3, 0.4) is 0 Å². The molecule has 3 N–H and O–H groups in total. The van der Waals surface area contributed by atoms with Crippen molar-refractivity contribution in [1.29, 1.82) is 0 Å². The summed E-state index contributed by atoms with van der Waals surface area (Å²) in [5, 5.41) is 23.5. The molecule has 0 aliphatic carbocycles. The highest BCUT2D eigenvalue weighted by Crippen LogP contribution is 2.22. The number of rotatable bonds is 88. The molecule has 0 bridgehead atoms. The van der Waals surface area contributed by atoms with Crippen LogP contribution >= 0.6 is 0 Å². The zero-order valence-corrected chi connectivity index (χ0v) is 67.8. The van der Waals surface area contributed by atoms with Gasteiger partial charge in [-0.1, -0.05) is 488 Å². The Morgan fingerprint density at radius 1 is 0.283 bits per heavy atom. The van der Waals surface area contributed by atoms with E-state index in [0.29, 0.717) is 25.9 Å². The van der Waals surface area contributed by atoms with Crippen molar-refractivity contribution < 1.29 is 24.5 Å². The number of hydrogen-bond donors (Lipinski definition) is 3. The van der Waals surface area contributed by atoms with E-state index >= 15 is 0 Å². The van der Waals surface area contributed by atoms with Crippen LogP contribution in [0.2, 0.25) is 0 Å². The van der Waals surface area contributed by atoms with Crippen LogP contribution in [0.15, 0.2) is 24.3 Å². The average Bonchev–Trinajstić information content (AvgIpc) is 2.39. The summed E-state index contributed by atoms with van der Waals surface area (Å²) in [6.07, 6.45) is 116. The van der Waals surface area contributed by atoms with Crippen LogP contribution < -0.4 is 5.32 Å². The Hall–Kier alpha value is -1.66. The molecule has 0 saturated carbocycles. The molecule has 588 valence electrons. The van der Waals surface area contributed by atoms with Crippen molar-refractivity contribution in [3.05, 3.63) is 24.3 Å². The lowest BCUT2D eigenvalue weighted by Gasteiger charge is -2.22. The number of esters is 1. The lowest BCUT2D eigenvalue weighted by molar-refractivity contribution is -0.143. The molecule has 0 heterocycles. The second-order valence-electron chi connectivity index (χ2n) is 32.0. The second-order valence-corrected chi connectivity index (χ2v) is 32.0. The highest BCUT2D eigenvalue weighted by Gasteiger charge is 2.20. The molecule has 0 aromatic rings. The maximum atomic E-state index is 12.6. The minimum atomic E-state index is -0.664. The SMILES string of the molecule is CCCCCCCCCCCCCCCCCCCCCCCCCCC(O)C(CO)NC(=O)CCCCCCCCCCCCCCCCCCC/C=C\C/C=C\CCCCCCCCCCCCCCCCCOC(=O)CCCCCCCCCCCCCCCCCCCCC. The largest absolute Gasteiger partial charge is 0.466 e. The van der Waals surface area contributed by atoms with Gasteiger partial charge in [-0.3, -0.25) is 9.59 Å². The summed E-state index contributed by atoms with van der Waals surface area (Å²) in [7, 11) is 0. The van der Waals surface area contributed by atoms with Crippen LogP contribution in [-0.4, -0.2) is 47.4 Å². The molecule has 0 aromatic carbocycles. The number of ether oxygens (including phenoxy) is 1. The fourth-order valence-corrected chi connectivity index (χ4v) is 15.0. The van der Waals surface area contributed by atoms with Crippen molar-refractivity contribution in [1.82, 2.24) is 5.32 Å². The van der Waals surface area contributed by atoms with E-state index in [9.17, 15) is 19.8 Å². The van der Waals surface area contributed by atoms with Crippen molar-refractivity contribution in [2.45, 2.75) is 546 Å². The molecular formula is C93H181NO5. The standard InChI is InChI=1S/C93H181NO5/c1-3-5-7-9-11-13-15-17-19-21-23-24-25-43-46-50-53-57-61-65-69-73-77-81-85-91(96)90(89-95)94-92(97)86-82-78-74-70-66-62-58-54-51-47-44-41-39-37-35-33-31-29-27-26-28-30-32-34-36-38-40-42-45-48-52-56-60-64-68-72-76-80-84-88-99-93(98)87-83-79-75-71-67-63-59-55-49-22-20-18-16-14-12-10-8-6-4-2/h26-27,30,32,90-91,95-96H,3-25,28-29,31,33-89H2,1-2H3,(H,94,97)/b27-26-,32-30-. The molecule has 0 fully saturated rings. The molecule has 0 spiro atoms. The van der Waals surface area contributed by atoms with Gasteiger partial charge in [-0.05, 0) is 57.8 Å². The number of carbonyl (C=O) groups excluding carboxylic acids is 2. The summed E-state index contributed by atoms with van der Waals surface area (Å²) in [6.45, 7) is 5.03. The molecule has 0 radical (unpaired) electrons. The highest BCUT2D eigenvalue weighted by molar-refractivity contribution is 5.76. The molecule has 0 aliphatic rings. The Morgan fingerprint density at radius 3 is 0.768 bits per heavy atom. The number of aliphatic hydroxyl groups excluding tert-OH is 2. The van der Waals surface area contributed by atoms with Gasteiger partial charge < -0.3 is 20.3 Å². The molecule has 6 nitrogen and oxygen atoms in total. The van der Waals surface area contributed by atoms with Crippen molar-refractivity contribution in [3.63, 3.8) is 0 Å². The predicted octanol–water partition coefficient (Wildman–Crippen LogP) is 31.1. The third kappa shape index (κ3) is 85.2. The summed E-state index contributed by atoms with van der Waals surface area (Å²) in [5.41, 5.74) is 0. The lowest BCUT2D eigenvalue weighted by Crippen LogP contribution is -2.45. The van der Waals surface area contributed by atoms with Gasteiger partial charge >= 0.3 is 5.97 Å². The summed E-state index contributed by atoms with van der Waals surface area (Å²) >= 11 is 0. The van der Waals surface area contributed by atoms with Crippen molar-refractivity contribution in [3.8, 4) is 0 Å². The van der Waals surface area contributed by atoms with E-state index in [0.717, 1.165) is 44.9 Å². The maximum Gasteiger partial charge on any atom is 0.305 e. The fraction of sp³-hybridized carbons (Fsp3) is 0.935. The van der Waals surface area contributed by atoms with E-state index in [-0.39, 0.29) is 18.5 Å². The third-order valence-electron chi connectivity index (χ3n) is 22.0. The van der Waals surface area contributed by atoms with Crippen molar-refractivity contribution in [2.75, 3.05) is 13.2 Å². The number of unbranched alkanes of at least 4 members (excludes halogenated alkanes) is 73. The molecule has 0 rings (SSSR count). The van der Waals surface area contributed by atoms with Crippen LogP contribution in [0.1, 0.15) is 534 Å². The summed E-state index contributed by atoms with van der Waals surface area (Å²) in [5.74, 6) is 0.00125. The average molecular weight is 1390 g/mol. The number of nitrogens with one attached hydrogen (secondary N) is 1. The van der Waals surface area contributed by atoms with Gasteiger partial charge in [0.15, 0.2) is 0 Å². The topological polar surface area (TPSA) is 95.9 Å². The molecule has 99 heavy (non-hydrogen) atoms. The zero-order chi connectivity index (χ0) is 71.2. The van der Waals surface area contributed by atoms with Crippen LogP contribution in [0.25, 0.3) is 0 Å². The van der Waals surface area contributed by atoms with Gasteiger partial charge in [-0.2, -0.15) is 0 Å². The first-order chi connectivity index (χ1) is 49.0. The van der Waals surface area contributed by atoms with E-state index in [4.69, 9.17) is 4.74 Å². The Bertz CT molecular complexity index is 1560. The Labute approximate surface area is 622 Å². The summed E-state index contributed by atoms with van der Waals surface area (Å²) < 4.78 is 5.53.